The first-order valence-electron chi connectivity index (χ1n) is 7.19. The van der Waals surface area contributed by atoms with Crippen molar-refractivity contribution in [1.29, 1.82) is 0 Å². The molecule has 2 nitrogen and oxygen atoms in total. The van der Waals surface area contributed by atoms with Gasteiger partial charge >= 0.3 is 0 Å². The van der Waals surface area contributed by atoms with Crippen molar-refractivity contribution in [3.63, 3.8) is 0 Å². The Kier molecular flexibility index (Phi) is 5.07. The van der Waals surface area contributed by atoms with Crippen LogP contribution in [0.25, 0.3) is 0 Å². The predicted octanol–water partition coefficient (Wildman–Crippen LogP) is 5.63. The molecular weight excluding hydrogens is 276 g/mol. The van der Waals surface area contributed by atoms with Gasteiger partial charge in [-0.1, -0.05) is 24.3 Å². The third-order valence-corrected chi connectivity index (χ3v) is 3.52. The van der Waals surface area contributed by atoms with E-state index in [4.69, 9.17) is 0 Å². The summed E-state index contributed by atoms with van der Waals surface area (Å²) in [7, 11) is 0. The van der Waals surface area contributed by atoms with Crippen LogP contribution < -0.4 is 4.90 Å². The molecule has 0 heterocycles. The molecule has 0 saturated carbocycles. The maximum absolute atomic E-state index is 4.67. The highest BCUT2D eigenvalue weighted by Crippen LogP contribution is 2.38. The van der Waals surface area contributed by atoms with Gasteiger partial charge in [-0.3, -0.25) is 4.99 Å². The summed E-state index contributed by atoms with van der Waals surface area (Å²) in [5.41, 5.74) is 4.25. The Balaban J connectivity index is 2.60. The molecule has 0 N–H and O–H groups in total. The first kappa shape index (κ1) is 15.6. The summed E-state index contributed by atoms with van der Waals surface area (Å²) in [5, 5.41) is 0. The Morgan fingerprint density at radius 1 is 0.952 bits per heavy atom. The third kappa shape index (κ3) is 3.67. The fraction of sp³-hybridized carbons (Fsp3) is 0.278. The summed E-state index contributed by atoms with van der Waals surface area (Å²) in [5.74, 6) is 0. The van der Waals surface area contributed by atoms with Gasteiger partial charge in [0.15, 0.2) is 0 Å². The molecule has 0 aromatic heterocycles. The molecule has 110 valence electrons. The zero-order valence-corrected chi connectivity index (χ0v) is 13.9. The van der Waals surface area contributed by atoms with Gasteiger partial charge in [0.25, 0.3) is 0 Å². The highest BCUT2D eigenvalue weighted by atomic mass is 32.1. The Morgan fingerprint density at radius 2 is 1.52 bits per heavy atom. The quantitative estimate of drug-likeness (QED) is 0.571. The van der Waals surface area contributed by atoms with Gasteiger partial charge in [-0.25, -0.2) is 0 Å². The number of aliphatic imine (C=N–C) groups is 1. The zero-order valence-electron chi connectivity index (χ0n) is 13.0. The molecule has 2 aromatic rings. The molecule has 0 aliphatic heterocycles. The molecule has 0 fully saturated rings. The Bertz CT molecular complexity index is 643. The largest absolute Gasteiger partial charge is 0.336 e. The molecule has 0 aliphatic rings. The van der Waals surface area contributed by atoms with Gasteiger partial charge in [0, 0.05) is 16.6 Å². The van der Waals surface area contributed by atoms with E-state index in [1.54, 1.807) is 0 Å². The SMILES string of the molecule is CC(C)=Nc1ccccc1N(c1ccccc1S)C(C)C. The maximum atomic E-state index is 4.67. The van der Waals surface area contributed by atoms with E-state index in [-0.39, 0.29) is 0 Å². The Labute approximate surface area is 132 Å². The van der Waals surface area contributed by atoms with Crippen molar-refractivity contribution in [3.8, 4) is 0 Å². The summed E-state index contributed by atoms with van der Waals surface area (Å²) >= 11 is 4.61. The standard InChI is InChI=1S/C18H22N2S/c1-13(2)19-15-9-5-6-10-16(15)20(14(3)4)17-11-7-8-12-18(17)21/h5-12,14,21H,1-4H3. The average molecular weight is 298 g/mol. The van der Waals surface area contributed by atoms with Crippen LogP contribution >= 0.6 is 12.6 Å². The van der Waals surface area contributed by atoms with Crippen LogP contribution in [0.5, 0.6) is 0 Å². The fourth-order valence-corrected chi connectivity index (χ4v) is 2.63. The van der Waals surface area contributed by atoms with Gasteiger partial charge in [0.1, 0.15) is 0 Å². The summed E-state index contributed by atoms with van der Waals surface area (Å²) < 4.78 is 0. The molecule has 21 heavy (non-hydrogen) atoms. The summed E-state index contributed by atoms with van der Waals surface area (Å²) in [6, 6.07) is 16.7. The molecule has 0 aliphatic carbocycles. The first-order chi connectivity index (χ1) is 10.0. The molecule has 2 rings (SSSR count). The number of para-hydroxylation sites is 3. The van der Waals surface area contributed by atoms with E-state index in [1.165, 1.54) is 0 Å². The lowest BCUT2D eigenvalue weighted by molar-refractivity contribution is 0.783. The van der Waals surface area contributed by atoms with Gasteiger partial charge in [-0.15, -0.1) is 12.6 Å². The third-order valence-electron chi connectivity index (χ3n) is 3.14. The summed E-state index contributed by atoms with van der Waals surface area (Å²) in [6.07, 6.45) is 0. The molecule has 0 saturated heterocycles. The number of nitrogens with zero attached hydrogens (tertiary/aromatic N) is 2. The lowest BCUT2D eigenvalue weighted by Crippen LogP contribution is -2.25. The van der Waals surface area contributed by atoms with Crippen molar-refractivity contribution in [2.75, 3.05) is 4.90 Å². The monoisotopic (exact) mass is 298 g/mol. The predicted molar refractivity (Wildman–Crippen MR) is 95.9 cm³/mol. The number of anilines is 2. The van der Waals surface area contributed by atoms with Crippen molar-refractivity contribution < 1.29 is 0 Å². The van der Waals surface area contributed by atoms with Crippen molar-refractivity contribution in [1.82, 2.24) is 0 Å². The number of rotatable bonds is 4. The molecule has 0 unspecified atom stereocenters. The first-order valence-corrected chi connectivity index (χ1v) is 7.63. The van der Waals surface area contributed by atoms with Crippen LogP contribution in [0, 0.1) is 0 Å². The van der Waals surface area contributed by atoms with Crippen LogP contribution in [-0.2, 0) is 0 Å². The second-order valence-electron chi connectivity index (χ2n) is 5.50. The van der Waals surface area contributed by atoms with E-state index in [1.807, 2.05) is 38.1 Å². The lowest BCUT2D eigenvalue weighted by atomic mass is 10.1. The molecule has 0 bridgehead atoms. The minimum Gasteiger partial charge on any atom is -0.336 e. The van der Waals surface area contributed by atoms with Crippen molar-refractivity contribution >= 4 is 35.4 Å². The zero-order chi connectivity index (χ0) is 15.4. The van der Waals surface area contributed by atoms with E-state index in [0.29, 0.717) is 6.04 Å². The number of hydrogen-bond donors (Lipinski definition) is 1. The van der Waals surface area contributed by atoms with Gasteiger partial charge in [0.2, 0.25) is 0 Å². The van der Waals surface area contributed by atoms with E-state index in [0.717, 1.165) is 27.7 Å². The van der Waals surface area contributed by atoms with Crippen LogP contribution in [0.2, 0.25) is 0 Å². The molecule has 0 atom stereocenters. The molecule has 2 aromatic carbocycles. The van der Waals surface area contributed by atoms with E-state index >= 15 is 0 Å². The van der Waals surface area contributed by atoms with Crippen LogP contribution in [0.1, 0.15) is 27.7 Å². The fourth-order valence-electron chi connectivity index (χ4n) is 2.36. The van der Waals surface area contributed by atoms with E-state index < -0.39 is 0 Å². The summed E-state index contributed by atoms with van der Waals surface area (Å²) in [6.45, 7) is 8.39. The lowest BCUT2D eigenvalue weighted by Gasteiger charge is -2.31. The molecule has 0 spiro atoms. The average Bonchev–Trinajstić information content (AvgIpc) is 2.42. The van der Waals surface area contributed by atoms with Crippen LogP contribution in [0.4, 0.5) is 17.1 Å². The molecular formula is C18H22N2S. The smallest absolute Gasteiger partial charge is 0.0865 e. The van der Waals surface area contributed by atoms with E-state index in [2.05, 4.69) is 60.6 Å². The Morgan fingerprint density at radius 3 is 2.10 bits per heavy atom. The minimum atomic E-state index is 0.312. The number of hydrogen-bond acceptors (Lipinski definition) is 3. The van der Waals surface area contributed by atoms with Gasteiger partial charge in [0.05, 0.1) is 17.1 Å². The highest BCUT2D eigenvalue weighted by Gasteiger charge is 2.17. The topological polar surface area (TPSA) is 15.6 Å². The Hall–Kier alpha value is -1.74. The van der Waals surface area contributed by atoms with Gasteiger partial charge < -0.3 is 4.90 Å². The van der Waals surface area contributed by atoms with Crippen LogP contribution in [0.15, 0.2) is 58.4 Å². The summed E-state index contributed by atoms with van der Waals surface area (Å²) in [4.78, 5) is 7.92. The van der Waals surface area contributed by atoms with Crippen molar-refractivity contribution in [2.45, 2.75) is 38.6 Å². The minimum absolute atomic E-state index is 0.312. The van der Waals surface area contributed by atoms with Crippen LogP contribution in [-0.4, -0.2) is 11.8 Å². The molecule has 0 amide bonds. The van der Waals surface area contributed by atoms with Crippen molar-refractivity contribution in [2.24, 2.45) is 4.99 Å². The van der Waals surface area contributed by atoms with Gasteiger partial charge in [-0.2, -0.15) is 0 Å². The van der Waals surface area contributed by atoms with Gasteiger partial charge in [-0.05, 0) is 52.0 Å². The van der Waals surface area contributed by atoms with Crippen molar-refractivity contribution in [3.05, 3.63) is 48.5 Å². The normalized spacial score (nSPS) is 10.6. The second kappa shape index (κ2) is 6.81. The molecule has 0 radical (unpaired) electrons. The van der Waals surface area contributed by atoms with E-state index in [9.17, 15) is 0 Å². The maximum Gasteiger partial charge on any atom is 0.0865 e. The highest BCUT2D eigenvalue weighted by molar-refractivity contribution is 7.80. The molecule has 3 heteroatoms. The van der Waals surface area contributed by atoms with Crippen LogP contribution in [0.3, 0.4) is 0 Å². The number of thiol groups is 1. The number of benzene rings is 2. The second-order valence-corrected chi connectivity index (χ2v) is 5.98.